The average molecular weight is 281 g/mol. The van der Waals surface area contributed by atoms with E-state index in [0.717, 1.165) is 12.3 Å². The molecule has 98 valence electrons. The standard InChI is InChI=1S/C10H17F2N3S2/c11-10(12)1-3-15(4-2-10)5-6-16-8-7-14-9(13)17-8/h7,9,14H,1-6,13H2/t9-/m0/s1. The van der Waals surface area contributed by atoms with Crippen LogP contribution in [0.15, 0.2) is 10.4 Å². The molecule has 0 amide bonds. The van der Waals surface area contributed by atoms with E-state index in [0.29, 0.717) is 13.1 Å². The van der Waals surface area contributed by atoms with Crippen LogP contribution in [0.2, 0.25) is 0 Å². The Morgan fingerprint density at radius 2 is 2.24 bits per heavy atom. The number of likely N-dealkylation sites (tertiary alicyclic amines) is 1. The molecule has 0 aromatic rings. The van der Waals surface area contributed by atoms with Crippen molar-refractivity contribution in [3.8, 4) is 0 Å². The predicted octanol–water partition coefficient (Wildman–Crippen LogP) is 1.83. The first-order chi connectivity index (χ1) is 8.05. The summed E-state index contributed by atoms with van der Waals surface area (Å²) in [5, 5.41) is 3.01. The fourth-order valence-corrected chi connectivity index (χ4v) is 3.86. The van der Waals surface area contributed by atoms with E-state index in [-0.39, 0.29) is 18.3 Å². The lowest BCUT2D eigenvalue weighted by atomic mass is 10.1. The molecule has 0 aliphatic carbocycles. The summed E-state index contributed by atoms with van der Waals surface area (Å²) in [5.74, 6) is -1.51. The molecule has 0 aromatic heterocycles. The Kier molecular flexibility index (Phi) is 4.57. The van der Waals surface area contributed by atoms with Crippen molar-refractivity contribution in [2.24, 2.45) is 5.73 Å². The molecule has 0 aromatic carbocycles. The maximum absolute atomic E-state index is 12.9. The smallest absolute Gasteiger partial charge is 0.250 e. The number of hydrogen-bond donors (Lipinski definition) is 2. The van der Waals surface area contributed by atoms with Crippen LogP contribution in [0.5, 0.6) is 0 Å². The van der Waals surface area contributed by atoms with E-state index >= 15 is 0 Å². The molecule has 2 heterocycles. The summed E-state index contributed by atoms with van der Waals surface area (Å²) in [5.41, 5.74) is 5.63. The first kappa shape index (κ1) is 13.5. The third kappa shape index (κ3) is 4.31. The van der Waals surface area contributed by atoms with E-state index in [9.17, 15) is 8.78 Å². The zero-order valence-electron chi connectivity index (χ0n) is 9.49. The van der Waals surface area contributed by atoms with Gasteiger partial charge in [-0.15, -0.1) is 11.8 Å². The molecule has 0 saturated carbocycles. The summed E-state index contributed by atoms with van der Waals surface area (Å²) < 4.78 is 27.0. The number of piperidine rings is 1. The predicted molar refractivity (Wildman–Crippen MR) is 69.9 cm³/mol. The van der Waals surface area contributed by atoms with Crippen molar-refractivity contribution < 1.29 is 8.78 Å². The van der Waals surface area contributed by atoms with Crippen molar-refractivity contribution >= 4 is 23.5 Å². The molecule has 3 nitrogen and oxygen atoms in total. The van der Waals surface area contributed by atoms with Crippen molar-refractivity contribution in [3.05, 3.63) is 10.4 Å². The monoisotopic (exact) mass is 281 g/mol. The lowest BCUT2D eigenvalue weighted by Crippen LogP contribution is -2.40. The van der Waals surface area contributed by atoms with Crippen LogP contribution in [0.4, 0.5) is 8.78 Å². The van der Waals surface area contributed by atoms with Gasteiger partial charge < -0.3 is 16.0 Å². The molecule has 1 saturated heterocycles. The first-order valence-corrected chi connectivity index (χ1v) is 7.53. The molecule has 17 heavy (non-hydrogen) atoms. The van der Waals surface area contributed by atoms with Gasteiger partial charge >= 0.3 is 0 Å². The van der Waals surface area contributed by atoms with E-state index in [1.807, 2.05) is 6.20 Å². The average Bonchev–Trinajstić information content (AvgIpc) is 2.67. The van der Waals surface area contributed by atoms with Gasteiger partial charge in [0.1, 0.15) is 5.50 Å². The van der Waals surface area contributed by atoms with Crippen LogP contribution in [-0.2, 0) is 0 Å². The Morgan fingerprint density at radius 1 is 1.53 bits per heavy atom. The molecule has 0 unspecified atom stereocenters. The van der Waals surface area contributed by atoms with Gasteiger partial charge in [-0.05, 0) is 0 Å². The maximum Gasteiger partial charge on any atom is 0.250 e. The highest BCUT2D eigenvalue weighted by molar-refractivity contribution is 8.22. The van der Waals surface area contributed by atoms with Gasteiger partial charge in [-0.1, -0.05) is 11.8 Å². The minimum absolute atomic E-state index is 0.00153. The fourth-order valence-electron chi connectivity index (χ4n) is 1.80. The Balaban J connectivity index is 1.60. The fraction of sp³-hybridized carbons (Fsp3) is 0.800. The van der Waals surface area contributed by atoms with Gasteiger partial charge in [0.15, 0.2) is 0 Å². The summed E-state index contributed by atoms with van der Waals surface area (Å²) >= 11 is 3.34. The van der Waals surface area contributed by atoms with Gasteiger partial charge in [-0.25, -0.2) is 8.78 Å². The summed E-state index contributed by atoms with van der Waals surface area (Å²) in [6, 6.07) is 0. The van der Waals surface area contributed by atoms with Crippen molar-refractivity contribution in [1.29, 1.82) is 0 Å². The van der Waals surface area contributed by atoms with Gasteiger partial charge in [0.25, 0.3) is 5.92 Å². The van der Waals surface area contributed by atoms with Gasteiger partial charge in [0.2, 0.25) is 0 Å². The molecule has 7 heteroatoms. The second-order valence-corrected chi connectivity index (χ2v) is 6.79. The van der Waals surface area contributed by atoms with Crippen LogP contribution in [0, 0.1) is 0 Å². The highest BCUT2D eigenvalue weighted by Gasteiger charge is 2.33. The molecule has 1 atom stereocenters. The molecule has 3 N–H and O–H groups in total. The molecule has 0 bridgehead atoms. The quantitative estimate of drug-likeness (QED) is 0.823. The van der Waals surface area contributed by atoms with E-state index in [2.05, 4.69) is 10.2 Å². The van der Waals surface area contributed by atoms with Crippen molar-refractivity contribution in [2.45, 2.75) is 24.3 Å². The van der Waals surface area contributed by atoms with Crippen LogP contribution < -0.4 is 11.1 Å². The highest BCUT2D eigenvalue weighted by atomic mass is 32.2. The Labute approximate surface area is 109 Å². The SMILES string of the molecule is N[C@H]1NC=C(SCCN2CCC(F)(F)CC2)S1. The topological polar surface area (TPSA) is 41.3 Å². The zero-order chi connectivity index (χ0) is 12.3. The molecule has 0 spiro atoms. The van der Waals surface area contributed by atoms with Gasteiger partial charge in [0, 0.05) is 44.4 Å². The summed E-state index contributed by atoms with van der Waals surface area (Å²) in [4.78, 5) is 2.11. The number of halogens is 2. The number of nitrogens with one attached hydrogen (secondary N) is 1. The van der Waals surface area contributed by atoms with Gasteiger partial charge in [-0.2, -0.15) is 0 Å². The maximum atomic E-state index is 12.9. The van der Waals surface area contributed by atoms with Gasteiger partial charge in [-0.3, -0.25) is 0 Å². The third-order valence-corrected chi connectivity index (χ3v) is 5.02. The van der Waals surface area contributed by atoms with Crippen molar-refractivity contribution in [2.75, 3.05) is 25.4 Å². The second-order valence-electron chi connectivity index (χ2n) is 4.21. The van der Waals surface area contributed by atoms with E-state index in [1.165, 1.54) is 4.24 Å². The second kappa shape index (κ2) is 5.77. The van der Waals surface area contributed by atoms with E-state index in [4.69, 9.17) is 5.73 Å². The van der Waals surface area contributed by atoms with Crippen LogP contribution >= 0.6 is 23.5 Å². The summed E-state index contributed by atoms with van der Waals surface area (Å²) in [6.45, 7) is 1.89. The van der Waals surface area contributed by atoms with Crippen LogP contribution in [0.3, 0.4) is 0 Å². The number of thioether (sulfide) groups is 2. The summed E-state index contributed by atoms with van der Waals surface area (Å²) in [6.07, 6.45) is 1.92. The molecule has 2 aliphatic rings. The van der Waals surface area contributed by atoms with E-state index < -0.39 is 5.92 Å². The van der Waals surface area contributed by atoms with Crippen molar-refractivity contribution in [3.63, 3.8) is 0 Å². The zero-order valence-corrected chi connectivity index (χ0v) is 11.1. The van der Waals surface area contributed by atoms with Crippen molar-refractivity contribution in [1.82, 2.24) is 10.2 Å². The molecule has 2 rings (SSSR count). The lowest BCUT2D eigenvalue weighted by Gasteiger charge is -2.31. The number of alkyl halides is 2. The lowest BCUT2D eigenvalue weighted by molar-refractivity contribution is -0.0539. The minimum Gasteiger partial charge on any atom is -0.366 e. The van der Waals surface area contributed by atoms with Crippen LogP contribution in [0.1, 0.15) is 12.8 Å². The summed E-state index contributed by atoms with van der Waals surface area (Å²) in [7, 11) is 0. The van der Waals surface area contributed by atoms with Crippen LogP contribution in [0.25, 0.3) is 0 Å². The van der Waals surface area contributed by atoms with Crippen LogP contribution in [-0.4, -0.2) is 41.7 Å². The number of nitrogens with two attached hydrogens (primary N) is 1. The number of nitrogens with zero attached hydrogens (tertiary/aromatic N) is 1. The Hall–Kier alpha value is 0.0200. The highest BCUT2D eigenvalue weighted by Crippen LogP contribution is 2.33. The molecule has 0 radical (unpaired) electrons. The number of rotatable bonds is 4. The molecular formula is C10H17F2N3S2. The molecule has 1 fully saturated rings. The normalized spacial score (nSPS) is 28.9. The first-order valence-electron chi connectivity index (χ1n) is 5.67. The van der Waals surface area contributed by atoms with Gasteiger partial charge in [0.05, 0.1) is 4.24 Å². The number of hydrogen-bond acceptors (Lipinski definition) is 5. The molecular weight excluding hydrogens is 264 g/mol. The largest absolute Gasteiger partial charge is 0.366 e. The Morgan fingerprint density at radius 3 is 2.82 bits per heavy atom. The van der Waals surface area contributed by atoms with E-state index in [1.54, 1.807) is 23.5 Å². The third-order valence-electron chi connectivity index (χ3n) is 2.85. The minimum atomic E-state index is -2.44. The molecule has 2 aliphatic heterocycles. The Bertz CT molecular complexity index is 289.